The van der Waals surface area contributed by atoms with Crippen molar-refractivity contribution in [2.45, 2.75) is 26.7 Å². The Labute approximate surface area is 104 Å². The summed E-state index contributed by atoms with van der Waals surface area (Å²) in [4.78, 5) is 8.42. The van der Waals surface area contributed by atoms with Gasteiger partial charge in [-0.05, 0) is 32.6 Å². The lowest BCUT2D eigenvalue weighted by molar-refractivity contribution is 0.576. The first-order chi connectivity index (χ1) is 7.20. The maximum absolute atomic E-state index is 4.62. The van der Waals surface area contributed by atoms with Crippen LogP contribution < -0.4 is 4.90 Å². The molecule has 1 aliphatic rings. The van der Waals surface area contributed by atoms with E-state index in [1.807, 2.05) is 11.3 Å². The van der Waals surface area contributed by atoms with Crippen LogP contribution in [0.1, 0.15) is 23.4 Å². The number of aromatic nitrogens is 1. The fourth-order valence-corrected chi connectivity index (χ4v) is 3.58. The minimum atomic E-state index is 0.855. The van der Waals surface area contributed by atoms with Crippen molar-refractivity contribution in [3.63, 3.8) is 0 Å². The lowest BCUT2D eigenvalue weighted by Crippen LogP contribution is -2.19. The Bertz CT molecular complexity index is 318. The summed E-state index contributed by atoms with van der Waals surface area (Å²) in [6.45, 7) is 6.63. The van der Waals surface area contributed by atoms with E-state index in [9.17, 15) is 0 Å². The number of thiazole rings is 1. The summed E-state index contributed by atoms with van der Waals surface area (Å²) in [6, 6.07) is 0. The highest BCUT2D eigenvalue weighted by Gasteiger charge is 2.24. The molecule has 1 aromatic rings. The summed E-state index contributed by atoms with van der Waals surface area (Å²) in [5, 5.41) is 2.35. The van der Waals surface area contributed by atoms with Crippen LogP contribution in [0.5, 0.6) is 0 Å². The van der Waals surface area contributed by atoms with E-state index in [1.165, 1.54) is 41.6 Å². The Balaban J connectivity index is 2.01. The first kappa shape index (κ1) is 11.4. The molecule has 2 rings (SSSR count). The molecule has 2 heterocycles. The smallest absolute Gasteiger partial charge is 0.185 e. The van der Waals surface area contributed by atoms with Gasteiger partial charge in [0.25, 0.3) is 0 Å². The molecule has 1 fully saturated rings. The van der Waals surface area contributed by atoms with Crippen LogP contribution in [-0.4, -0.2) is 23.4 Å². The van der Waals surface area contributed by atoms with Crippen molar-refractivity contribution in [3.8, 4) is 0 Å². The highest BCUT2D eigenvalue weighted by atomic mass is 79.9. The van der Waals surface area contributed by atoms with E-state index in [0.717, 1.165) is 11.2 Å². The topological polar surface area (TPSA) is 16.1 Å². The van der Waals surface area contributed by atoms with E-state index in [2.05, 4.69) is 39.7 Å². The van der Waals surface area contributed by atoms with Gasteiger partial charge in [-0.3, -0.25) is 0 Å². The molecule has 0 saturated carbocycles. The van der Waals surface area contributed by atoms with Crippen LogP contribution in [0.15, 0.2) is 0 Å². The van der Waals surface area contributed by atoms with Gasteiger partial charge in [-0.25, -0.2) is 4.98 Å². The molecular weight excluding hydrogens is 272 g/mol. The molecule has 84 valence electrons. The third kappa shape index (κ3) is 2.53. The minimum absolute atomic E-state index is 0.855. The zero-order chi connectivity index (χ0) is 10.8. The van der Waals surface area contributed by atoms with Gasteiger partial charge in [0.2, 0.25) is 0 Å². The third-order valence-electron chi connectivity index (χ3n) is 3.09. The number of hydrogen-bond donors (Lipinski definition) is 0. The second-order valence-corrected chi connectivity index (χ2v) is 6.19. The van der Waals surface area contributed by atoms with Gasteiger partial charge in [-0.2, -0.15) is 0 Å². The number of aryl methyl sites for hydroxylation is 2. The highest BCUT2D eigenvalue weighted by Crippen LogP contribution is 2.30. The highest BCUT2D eigenvalue weighted by molar-refractivity contribution is 9.09. The molecular formula is C11H17BrN2S. The molecule has 0 radical (unpaired) electrons. The third-order valence-corrected chi connectivity index (χ3v) is 4.68. The number of alkyl halides is 1. The van der Waals surface area contributed by atoms with Crippen LogP contribution in [0.4, 0.5) is 5.13 Å². The second-order valence-electron chi connectivity index (χ2n) is 4.22. The van der Waals surface area contributed by atoms with E-state index in [-0.39, 0.29) is 0 Å². The van der Waals surface area contributed by atoms with Gasteiger partial charge in [0.1, 0.15) is 0 Å². The van der Waals surface area contributed by atoms with Crippen LogP contribution in [0.2, 0.25) is 0 Å². The molecule has 0 aromatic carbocycles. The van der Waals surface area contributed by atoms with Crippen LogP contribution in [-0.2, 0) is 0 Å². The Morgan fingerprint density at radius 3 is 2.93 bits per heavy atom. The number of hydrogen-bond acceptors (Lipinski definition) is 3. The van der Waals surface area contributed by atoms with Crippen molar-refractivity contribution in [3.05, 3.63) is 10.6 Å². The van der Waals surface area contributed by atoms with Crippen molar-refractivity contribution in [2.24, 2.45) is 5.92 Å². The predicted molar refractivity (Wildman–Crippen MR) is 70.3 cm³/mol. The van der Waals surface area contributed by atoms with Gasteiger partial charge in [0, 0.05) is 23.3 Å². The Morgan fingerprint density at radius 2 is 2.33 bits per heavy atom. The number of anilines is 1. The van der Waals surface area contributed by atoms with Gasteiger partial charge in [0.05, 0.1) is 5.69 Å². The standard InChI is InChI=1S/C11H17BrN2S/c1-8-9(2)15-11(13-8)14-6-4-10(7-14)3-5-12/h10H,3-7H2,1-2H3. The average Bonchev–Trinajstić information content (AvgIpc) is 2.76. The van der Waals surface area contributed by atoms with Gasteiger partial charge in [0.15, 0.2) is 5.13 Å². The molecule has 1 unspecified atom stereocenters. The minimum Gasteiger partial charge on any atom is -0.348 e. The van der Waals surface area contributed by atoms with Crippen LogP contribution in [0, 0.1) is 19.8 Å². The van der Waals surface area contributed by atoms with Crippen molar-refractivity contribution in [2.75, 3.05) is 23.3 Å². The number of rotatable bonds is 3. The maximum atomic E-state index is 4.62. The lowest BCUT2D eigenvalue weighted by Gasteiger charge is -2.14. The normalized spacial score (nSPS) is 21.3. The molecule has 0 bridgehead atoms. The fraction of sp³-hybridized carbons (Fsp3) is 0.727. The van der Waals surface area contributed by atoms with Crippen molar-refractivity contribution >= 4 is 32.4 Å². The fourth-order valence-electron chi connectivity index (χ4n) is 1.99. The van der Waals surface area contributed by atoms with Gasteiger partial charge < -0.3 is 4.90 Å². The molecule has 0 spiro atoms. The maximum Gasteiger partial charge on any atom is 0.185 e. The molecule has 1 aromatic heterocycles. The summed E-state index contributed by atoms with van der Waals surface area (Å²) in [6.07, 6.45) is 2.61. The van der Waals surface area contributed by atoms with E-state index in [0.29, 0.717) is 0 Å². The molecule has 1 saturated heterocycles. The van der Waals surface area contributed by atoms with Gasteiger partial charge in [-0.15, -0.1) is 11.3 Å². The number of halogens is 1. The predicted octanol–water partition coefficient (Wildman–Crippen LogP) is 3.37. The molecule has 1 aliphatic heterocycles. The Kier molecular flexibility index (Phi) is 3.67. The molecule has 0 amide bonds. The molecule has 2 nitrogen and oxygen atoms in total. The molecule has 4 heteroatoms. The van der Waals surface area contributed by atoms with Gasteiger partial charge >= 0.3 is 0 Å². The van der Waals surface area contributed by atoms with Crippen molar-refractivity contribution < 1.29 is 0 Å². The van der Waals surface area contributed by atoms with Crippen molar-refractivity contribution in [1.29, 1.82) is 0 Å². The number of nitrogens with zero attached hydrogens (tertiary/aromatic N) is 2. The van der Waals surface area contributed by atoms with E-state index in [4.69, 9.17) is 0 Å². The van der Waals surface area contributed by atoms with E-state index in [1.54, 1.807) is 0 Å². The van der Waals surface area contributed by atoms with Crippen molar-refractivity contribution in [1.82, 2.24) is 4.98 Å². The Hall–Kier alpha value is -0.0900. The van der Waals surface area contributed by atoms with E-state index < -0.39 is 0 Å². The Morgan fingerprint density at radius 1 is 1.53 bits per heavy atom. The van der Waals surface area contributed by atoms with Crippen LogP contribution in [0.3, 0.4) is 0 Å². The average molecular weight is 289 g/mol. The van der Waals surface area contributed by atoms with Gasteiger partial charge in [-0.1, -0.05) is 15.9 Å². The SMILES string of the molecule is Cc1nc(N2CCC(CCBr)C2)sc1C. The quantitative estimate of drug-likeness (QED) is 0.793. The summed E-state index contributed by atoms with van der Waals surface area (Å²) < 4.78 is 0. The van der Waals surface area contributed by atoms with E-state index >= 15 is 0 Å². The van der Waals surface area contributed by atoms with Crippen LogP contribution >= 0.6 is 27.3 Å². The summed E-state index contributed by atoms with van der Waals surface area (Å²) >= 11 is 5.35. The summed E-state index contributed by atoms with van der Waals surface area (Å²) in [7, 11) is 0. The largest absolute Gasteiger partial charge is 0.348 e. The summed E-state index contributed by atoms with van der Waals surface area (Å²) in [5.74, 6) is 0.855. The first-order valence-corrected chi connectivity index (χ1v) is 7.39. The molecule has 0 N–H and O–H groups in total. The molecule has 15 heavy (non-hydrogen) atoms. The zero-order valence-electron chi connectivity index (χ0n) is 9.29. The van der Waals surface area contributed by atoms with Crippen LogP contribution in [0.25, 0.3) is 0 Å². The molecule has 0 aliphatic carbocycles. The first-order valence-electron chi connectivity index (χ1n) is 5.45. The second kappa shape index (κ2) is 4.83. The molecule has 1 atom stereocenters. The monoisotopic (exact) mass is 288 g/mol. The lowest BCUT2D eigenvalue weighted by atomic mass is 10.1. The summed E-state index contributed by atoms with van der Waals surface area (Å²) in [5.41, 5.74) is 1.19. The zero-order valence-corrected chi connectivity index (χ0v) is 11.7.